The monoisotopic (exact) mass is 323 g/mol. The van der Waals surface area contributed by atoms with Crippen molar-refractivity contribution in [3.8, 4) is 16.9 Å². The summed E-state index contributed by atoms with van der Waals surface area (Å²) in [6.07, 6.45) is 1.51. The van der Waals surface area contributed by atoms with Crippen LogP contribution in [0.25, 0.3) is 16.9 Å². The van der Waals surface area contributed by atoms with Crippen molar-refractivity contribution in [1.29, 1.82) is 0 Å². The molecule has 2 aromatic heterocycles. The number of amides is 1. The fraction of sp³-hybridized carbons (Fsp3) is 0.118. The Morgan fingerprint density at radius 1 is 1.21 bits per heavy atom. The number of hydrogen-bond acceptors (Lipinski definition) is 5. The first-order valence-corrected chi connectivity index (χ1v) is 7.39. The fourth-order valence-corrected chi connectivity index (χ4v) is 2.58. The van der Waals surface area contributed by atoms with Gasteiger partial charge in [-0.15, -0.1) is 0 Å². The Balaban J connectivity index is 2.13. The highest BCUT2D eigenvalue weighted by atomic mass is 16.5. The normalized spacial score (nSPS) is 10.5. The Labute approximate surface area is 138 Å². The third-order valence-corrected chi connectivity index (χ3v) is 3.73. The lowest BCUT2D eigenvalue weighted by molar-refractivity contribution is 0.0701. The molecule has 3 N–H and O–H groups in total. The van der Waals surface area contributed by atoms with Crippen molar-refractivity contribution >= 4 is 11.7 Å². The average Bonchev–Trinajstić information content (AvgIpc) is 2.98. The van der Waals surface area contributed by atoms with Crippen LogP contribution in [0.3, 0.4) is 0 Å². The summed E-state index contributed by atoms with van der Waals surface area (Å²) in [5.41, 5.74) is 5.06. The Hall–Kier alpha value is -3.19. The number of benzene rings is 1. The number of pyridine rings is 1. The minimum Gasteiger partial charge on any atom is -0.373 e. The molecule has 3 rings (SSSR count). The van der Waals surface area contributed by atoms with Crippen LogP contribution in [0.4, 0.5) is 5.82 Å². The molecule has 0 aliphatic rings. The molecule has 1 amide bonds. The van der Waals surface area contributed by atoms with Gasteiger partial charge in [0.25, 0.3) is 5.91 Å². The molecule has 0 aliphatic heterocycles. The molecule has 122 valence electrons. The molecule has 1 aromatic carbocycles. The molecular weight excluding hydrogens is 306 g/mol. The van der Waals surface area contributed by atoms with E-state index in [1.54, 1.807) is 17.6 Å². The summed E-state index contributed by atoms with van der Waals surface area (Å²) in [6.45, 7) is 1.96. The molecule has 0 saturated heterocycles. The van der Waals surface area contributed by atoms with Gasteiger partial charge in [0.1, 0.15) is 11.5 Å². The van der Waals surface area contributed by atoms with Crippen molar-refractivity contribution in [3.05, 3.63) is 59.9 Å². The molecule has 7 heteroatoms. The van der Waals surface area contributed by atoms with E-state index in [-0.39, 0.29) is 5.69 Å². The Morgan fingerprint density at radius 3 is 2.62 bits per heavy atom. The summed E-state index contributed by atoms with van der Waals surface area (Å²) in [5.74, 6) is 0.201. The van der Waals surface area contributed by atoms with Crippen LogP contribution in [0.1, 0.15) is 16.1 Å². The van der Waals surface area contributed by atoms with Gasteiger partial charge in [-0.05, 0) is 31.2 Å². The van der Waals surface area contributed by atoms with Gasteiger partial charge in [-0.3, -0.25) is 15.0 Å². The molecule has 0 radical (unpaired) electrons. The number of nitrogens with zero attached hydrogens (tertiary/aromatic N) is 3. The summed E-state index contributed by atoms with van der Waals surface area (Å²) in [7, 11) is 1.84. The number of rotatable bonds is 4. The summed E-state index contributed by atoms with van der Waals surface area (Å²) < 4.78 is 1.82. The van der Waals surface area contributed by atoms with Crippen LogP contribution in [0.5, 0.6) is 0 Å². The summed E-state index contributed by atoms with van der Waals surface area (Å²) in [4.78, 5) is 15.5. The molecule has 2 heterocycles. The van der Waals surface area contributed by atoms with Gasteiger partial charge in [-0.25, -0.2) is 10.2 Å². The van der Waals surface area contributed by atoms with Gasteiger partial charge in [-0.1, -0.05) is 18.2 Å². The van der Waals surface area contributed by atoms with Crippen LogP contribution in [0.15, 0.2) is 48.7 Å². The van der Waals surface area contributed by atoms with E-state index in [2.05, 4.69) is 15.4 Å². The molecule has 0 unspecified atom stereocenters. The van der Waals surface area contributed by atoms with E-state index in [1.807, 2.05) is 49.0 Å². The highest BCUT2D eigenvalue weighted by Gasteiger charge is 2.17. The van der Waals surface area contributed by atoms with Crippen molar-refractivity contribution in [1.82, 2.24) is 20.2 Å². The molecule has 0 fully saturated rings. The summed E-state index contributed by atoms with van der Waals surface area (Å²) >= 11 is 0. The zero-order chi connectivity index (χ0) is 17.1. The van der Waals surface area contributed by atoms with E-state index in [9.17, 15) is 4.79 Å². The maximum Gasteiger partial charge on any atom is 0.293 e. The second-order valence-electron chi connectivity index (χ2n) is 5.19. The van der Waals surface area contributed by atoms with Crippen LogP contribution in [0.2, 0.25) is 0 Å². The van der Waals surface area contributed by atoms with Gasteiger partial charge < -0.3 is 5.32 Å². The van der Waals surface area contributed by atoms with E-state index >= 15 is 0 Å². The third kappa shape index (κ3) is 2.72. The van der Waals surface area contributed by atoms with Crippen molar-refractivity contribution in [2.75, 3.05) is 12.4 Å². The van der Waals surface area contributed by atoms with E-state index in [0.29, 0.717) is 0 Å². The second kappa shape index (κ2) is 6.51. The summed E-state index contributed by atoms with van der Waals surface area (Å²) in [5, 5.41) is 16.6. The van der Waals surface area contributed by atoms with Gasteiger partial charge in [0.2, 0.25) is 0 Å². The van der Waals surface area contributed by atoms with Gasteiger partial charge in [0.05, 0.1) is 11.4 Å². The number of nitrogens with one attached hydrogen (secondary N) is 2. The van der Waals surface area contributed by atoms with Crippen molar-refractivity contribution in [2.24, 2.45) is 0 Å². The first kappa shape index (κ1) is 15.7. The minimum absolute atomic E-state index is 0.120. The minimum atomic E-state index is -0.661. The largest absolute Gasteiger partial charge is 0.373 e. The van der Waals surface area contributed by atoms with Crippen LogP contribution in [0, 0.1) is 6.92 Å². The smallest absolute Gasteiger partial charge is 0.293 e. The SMILES string of the molecule is CNc1c(C)c(-c2ccnc(C(=O)NO)c2)nn1-c1ccccc1. The maximum atomic E-state index is 11.6. The molecule has 0 atom stereocenters. The fourth-order valence-electron chi connectivity index (χ4n) is 2.58. The highest BCUT2D eigenvalue weighted by Crippen LogP contribution is 2.30. The molecule has 3 aromatic rings. The summed E-state index contributed by atoms with van der Waals surface area (Å²) in [6, 6.07) is 13.1. The van der Waals surface area contributed by atoms with Gasteiger partial charge in [0.15, 0.2) is 0 Å². The number of hydroxylamine groups is 1. The predicted octanol–water partition coefficient (Wildman–Crippen LogP) is 2.40. The standard InChI is InChI=1S/C17H17N5O2/c1-11-15(12-8-9-19-14(10-12)17(23)21-24)20-22(16(11)18-2)13-6-4-3-5-7-13/h3-10,18,24H,1-2H3,(H,21,23). The van der Waals surface area contributed by atoms with E-state index in [0.717, 1.165) is 28.3 Å². The Kier molecular flexibility index (Phi) is 4.26. The average molecular weight is 323 g/mol. The molecule has 24 heavy (non-hydrogen) atoms. The number of aromatic nitrogens is 3. The van der Waals surface area contributed by atoms with Crippen molar-refractivity contribution < 1.29 is 10.0 Å². The van der Waals surface area contributed by atoms with Crippen LogP contribution in [-0.2, 0) is 0 Å². The van der Waals surface area contributed by atoms with Crippen molar-refractivity contribution in [3.63, 3.8) is 0 Å². The molecule has 7 nitrogen and oxygen atoms in total. The lowest BCUT2D eigenvalue weighted by Gasteiger charge is -2.06. The van der Waals surface area contributed by atoms with E-state index in [1.165, 1.54) is 6.20 Å². The second-order valence-corrected chi connectivity index (χ2v) is 5.19. The first-order chi connectivity index (χ1) is 11.7. The number of para-hydroxylation sites is 1. The highest BCUT2D eigenvalue weighted by molar-refractivity contribution is 5.92. The van der Waals surface area contributed by atoms with E-state index in [4.69, 9.17) is 5.21 Å². The van der Waals surface area contributed by atoms with Crippen LogP contribution < -0.4 is 10.8 Å². The molecule has 0 bridgehead atoms. The Morgan fingerprint density at radius 2 is 1.96 bits per heavy atom. The van der Waals surface area contributed by atoms with Crippen molar-refractivity contribution in [2.45, 2.75) is 6.92 Å². The van der Waals surface area contributed by atoms with Gasteiger partial charge in [-0.2, -0.15) is 5.10 Å². The van der Waals surface area contributed by atoms with Gasteiger partial charge in [0, 0.05) is 24.4 Å². The molecule has 0 aliphatic carbocycles. The van der Waals surface area contributed by atoms with Crippen LogP contribution >= 0.6 is 0 Å². The number of carbonyl (C=O) groups is 1. The zero-order valence-electron chi connectivity index (χ0n) is 13.3. The molecular formula is C17H17N5O2. The van der Waals surface area contributed by atoms with Gasteiger partial charge >= 0.3 is 0 Å². The third-order valence-electron chi connectivity index (χ3n) is 3.73. The molecule has 0 saturated carbocycles. The maximum absolute atomic E-state index is 11.6. The quantitative estimate of drug-likeness (QED) is 0.506. The Bertz CT molecular complexity index is 874. The van der Waals surface area contributed by atoms with Crippen LogP contribution in [-0.4, -0.2) is 32.9 Å². The molecule has 0 spiro atoms. The topological polar surface area (TPSA) is 92.1 Å². The number of hydrogen-bond donors (Lipinski definition) is 3. The predicted molar refractivity (Wildman–Crippen MR) is 90.3 cm³/mol. The lowest BCUT2D eigenvalue weighted by atomic mass is 10.1. The number of carbonyl (C=O) groups excluding carboxylic acids is 1. The van der Waals surface area contributed by atoms with E-state index < -0.39 is 5.91 Å². The zero-order valence-corrected chi connectivity index (χ0v) is 13.3. The number of anilines is 1. The first-order valence-electron chi connectivity index (χ1n) is 7.39. The lowest BCUT2D eigenvalue weighted by Crippen LogP contribution is -2.19.